The molecule has 80 valence electrons. The summed E-state index contributed by atoms with van der Waals surface area (Å²) in [4.78, 5) is 11.2. The van der Waals surface area contributed by atoms with Gasteiger partial charge in [0.2, 0.25) is 5.91 Å². The van der Waals surface area contributed by atoms with Gasteiger partial charge in [-0.1, -0.05) is 30.3 Å². The van der Waals surface area contributed by atoms with E-state index < -0.39 is 5.91 Å². The van der Waals surface area contributed by atoms with Crippen LogP contribution in [0.4, 0.5) is 0 Å². The minimum absolute atomic E-state index is 0.164. The lowest BCUT2D eigenvalue weighted by Gasteiger charge is -2.06. The largest absolute Gasteiger partial charge is 0.508 e. The van der Waals surface area contributed by atoms with Crippen molar-refractivity contribution in [3.05, 3.63) is 54.1 Å². The fourth-order valence-corrected chi connectivity index (χ4v) is 1.62. The van der Waals surface area contributed by atoms with E-state index in [-0.39, 0.29) is 5.75 Å². The Morgan fingerprint density at radius 1 is 1.06 bits per heavy atom. The van der Waals surface area contributed by atoms with Crippen LogP contribution in [0.15, 0.2) is 48.5 Å². The van der Waals surface area contributed by atoms with Crippen molar-refractivity contribution >= 4 is 5.91 Å². The Hall–Kier alpha value is -2.29. The second kappa shape index (κ2) is 4.06. The monoisotopic (exact) mass is 213 g/mol. The van der Waals surface area contributed by atoms with Gasteiger partial charge in [0.05, 0.1) is 0 Å². The Morgan fingerprint density at radius 2 is 1.81 bits per heavy atom. The van der Waals surface area contributed by atoms with E-state index in [4.69, 9.17) is 5.73 Å². The third-order valence-corrected chi connectivity index (χ3v) is 2.35. The van der Waals surface area contributed by atoms with E-state index in [0.717, 1.165) is 11.1 Å². The molecular formula is C13H11NO2. The zero-order chi connectivity index (χ0) is 11.5. The van der Waals surface area contributed by atoms with Crippen molar-refractivity contribution < 1.29 is 9.90 Å². The number of aromatic hydroxyl groups is 1. The number of primary amides is 1. The predicted octanol–water partition coefficient (Wildman–Crippen LogP) is 2.16. The molecule has 1 amide bonds. The molecule has 3 nitrogen and oxygen atoms in total. The Kier molecular flexibility index (Phi) is 2.60. The van der Waals surface area contributed by atoms with Crippen molar-refractivity contribution in [2.75, 3.05) is 0 Å². The van der Waals surface area contributed by atoms with Crippen molar-refractivity contribution in [1.82, 2.24) is 0 Å². The van der Waals surface area contributed by atoms with Gasteiger partial charge in [0.25, 0.3) is 0 Å². The van der Waals surface area contributed by atoms with Crippen molar-refractivity contribution in [1.29, 1.82) is 0 Å². The number of carbonyl (C=O) groups is 1. The van der Waals surface area contributed by atoms with Gasteiger partial charge in [-0.15, -0.1) is 0 Å². The van der Waals surface area contributed by atoms with Gasteiger partial charge in [-0.25, -0.2) is 0 Å². The Morgan fingerprint density at radius 3 is 2.50 bits per heavy atom. The molecule has 0 atom stereocenters. The smallest absolute Gasteiger partial charge is 0.249 e. The van der Waals surface area contributed by atoms with Crippen molar-refractivity contribution in [2.24, 2.45) is 5.73 Å². The highest BCUT2D eigenvalue weighted by atomic mass is 16.3. The average molecular weight is 213 g/mol. The fourth-order valence-electron chi connectivity index (χ4n) is 1.62. The molecule has 2 aromatic rings. The second-order valence-electron chi connectivity index (χ2n) is 3.46. The van der Waals surface area contributed by atoms with Crippen LogP contribution < -0.4 is 5.73 Å². The van der Waals surface area contributed by atoms with E-state index in [9.17, 15) is 9.90 Å². The van der Waals surface area contributed by atoms with Crippen LogP contribution in [-0.4, -0.2) is 11.0 Å². The lowest BCUT2D eigenvalue weighted by Crippen LogP contribution is -2.12. The molecule has 0 aromatic heterocycles. The van der Waals surface area contributed by atoms with Crippen LogP contribution in [0.25, 0.3) is 11.1 Å². The Bertz CT molecular complexity index is 535. The summed E-state index contributed by atoms with van der Waals surface area (Å²) in [5.74, 6) is -0.310. The summed E-state index contributed by atoms with van der Waals surface area (Å²) in [5.41, 5.74) is 7.24. The van der Waals surface area contributed by atoms with E-state index in [0.29, 0.717) is 5.56 Å². The number of amides is 1. The van der Waals surface area contributed by atoms with Gasteiger partial charge in [-0.3, -0.25) is 4.79 Å². The molecular weight excluding hydrogens is 202 g/mol. The molecule has 2 rings (SSSR count). The zero-order valence-corrected chi connectivity index (χ0v) is 8.55. The molecule has 3 N–H and O–H groups in total. The third kappa shape index (κ3) is 1.88. The maximum atomic E-state index is 11.2. The van der Waals surface area contributed by atoms with Gasteiger partial charge in [-0.05, 0) is 29.3 Å². The van der Waals surface area contributed by atoms with E-state index in [1.54, 1.807) is 36.4 Å². The molecule has 0 saturated carbocycles. The number of nitrogens with two attached hydrogens (primary N) is 1. The van der Waals surface area contributed by atoms with Gasteiger partial charge in [-0.2, -0.15) is 0 Å². The number of phenolic OH excluding ortho intramolecular Hbond substituents is 1. The maximum Gasteiger partial charge on any atom is 0.249 e. The third-order valence-electron chi connectivity index (χ3n) is 2.35. The normalized spacial score (nSPS) is 10.0. The molecule has 0 unspecified atom stereocenters. The Balaban J connectivity index is 2.60. The van der Waals surface area contributed by atoms with Crippen LogP contribution in [0, 0.1) is 0 Å². The van der Waals surface area contributed by atoms with Crippen molar-refractivity contribution in [3.63, 3.8) is 0 Å². The fraction of sp³-hybridized carbons (Fsp3) is 0. The molecule has 0 bridgehead atoms. The molecule has 0 saturated heterocycles. The molecule has 0 spiro atoms. The minimum Gasteiger partial charge on any atom is -0.508 e. The molecule has 0 aliphatic carbocycles. The minimum atomic E-state index is -0.473. The molecule has 16 heavy (non-hydrogen) atoms. The summed E-state index contributed by atoms with van der Waals surface area (Å²) >= 11 is 0. The first kappa shape index (κ1) is 10.2. The average Bonchev–Trinajstić information content (AvgIpc) is 2.29. The summed E-state index contributed by atoms with van der Waals surface area (Å²) in [7, 11) is 0. The molecule has 0 heterocycles. The highest BCUT2D eigenvalue weighted by molar-refractivity contribution is 5.99. The summed E-state index contributed by atoms with van der Waals surface area (Å²) in [5, 5.41) is 9.39. The summed E-state index contributed by atoms with van der Waals surface area (Å²) in [6, 6.07) is 13.8. The molecule has 0 aliphatic rings. The van der Waals surface area contributed by atoms with E-state index in [1.807, 2.05) is 12.1 Å². The van der Waals surface area contributed by atoms with Gasteiger partial charge in [0, 0.05) is 5.56 Å². The number of benzene rings is 2. The van der Waals surface area contributed by atoms with Crippen LogP contribution in [0.3, 0.4) is 0 Å². The van der Waals surface area contributed by atoms with Gasteiger partial charge in [0.15, 0.2) is 0 Å². The van der Waals surface area contributed by atoms with Gasteiger partial charge >= 0.3 is 0 Å². The Labute approximate surface area is 93.1 Å². The van der Waals surface area contributed by atoms with Crippen molar-refractivity contribution in [2.45, 2.75) is 0 Å². The van der Waals surface area contributed by atoms with E-state index >= 15 is 0 Å². The topological polar surface area (TPSA) is 63.3 Å². The maximum absolute atomic E-state index is 11.2. The number of hydrogen-bond acceptors (Lipinski definition) is 2. The number of rotatable bonds is 2. The van der Waals surface area contributed by atoms with Crippen LogP contribution in [0.5, 0.6) is 5.75 Å². The first-order valence-electron chi connectivity index (χ1n) is 4.87. The summed E-state index contributed by atoms with van der Waals surface area (Å²) in [6.07, 6.45) is 0. The number of carbonyl (C=O) groups excluding carboxylic acids is 1. The first-order valence-corrected chi connectivity index (χ1v) is 4.87. The lowest BCUT2D eigenvalue weighted by molar-refractivity contribution is 0.100. The summed E-state index contributed by atoms with van der Waals surface area (Å²) in [6.45, 7) is 0. The standard InChI is InChI=1S/C13H11NO2/c14-13(16)12-7-2-1-6-11(12)9-4-3-5-10(15)8-9/h1-8,15H,(H2,14,16). The predicted molar refractivity (Wildman–Crippen MR) is 62.1 cm³/mol. The SMILES string of the molecule is NC(=O)c1ccccc1-c1cccc(O)c1. The highest BCUT2D eigenvalue weighted by Crippen LogP contribution is 2.26. The van der Waals surface area contributed by atoms with Crippen LogP contribution >= 0.6 is 0 Å². The molecule has 0 radical (unpaired) electrons. The van der Waals surface area contributed by atoms with Gasteiger partial charge in [0.1, 0.15) is 5.75 Å². The molecule has 0 fully saturated rings. The lowest BCUT2D eigenvalue weighted by atomic mass is 9.99. The molecule has 3 heteroatoms. The summed E-state index contributed by atoms with van der Waals surface area (Å²) < 4.78 is 0. The number of phenols is 1. The molecule has 2 aromatic carbocycles. The van der Waals surface area contributed by atoms with Crippen molar-refractivity contribution in [3.8, 4) is 16.9 Å². The quantitative estimate of drug-likeness (QED) is 0.802. The number of hydrogen-bond donors (Lipinski definition) is 2. The highest BCUT2D eigenvalue weighted by Gasteiger charge is 2.08. The van der Waals surface area contributed by atoms with Gasteiger partial charge < -0.3 is 10.8 Å². The van der Waals surface area contributed by atoms with E-state index in [1.165, 1.54) is 0 Å². The zero-order valence-electron chi connectivity index (χ0n) is 8.55. The van der Waals surface area contributed by atoms with Crippen LogP contribution in [-0.2, 0) is 0 Å². The second-order valence-corrected chi connectivity index (χ2v) is 3.46. The van der Waals surface area contributed by atoms with Crippen LogP contribution in [0.2, 0.25) is 0 Å². The van der Waals surface area contributed by atoms with Crippen LogP contribution in [0.1, 0.15) is 10.4 Å². The first-order chi connectivity index (χ1) is 7.68. The van der Waals surface area contributed by atoms with E-state index in [2.05, 4.69) is 0 Å². The molecule has 0 aliphatic heterocycles.